The van der Waals surface area contributed by atoms with Crippen molar-refractivity contribution in [1.82, 2.24) is 0 Å². The Balaban J connectivity index is 2.20. The zero-order valence-corrected chi connectivity index (χ0v) is 11.5. The third-order valence-electron chi connectivity index (χ3n) is 3.69. The molecule has 1 saturated heterocycles. The summed E-state index contributed by atoms with van der Waals surface area (Å²) in [6.07, 6.45) is 1.89. The molecule has 0 unspecified atom stereocenters. The van der Waals surface area contributed by atoms with Gasteiger partial charge in [0.25, 0.3) is 0 Å². The van der Waals surface area contributed by atoms with Crippen molar-refractivity contribution in [2.24, 2.45) is 5.73 Å². The first kappa shape index (κ1) is 13.3. The Morgan fingerprint density at radius 1 is 1.22 bits per heavy atom. The summed E-state index contributed by atoms with van der Waals surface area (Å²) in [7, 11) is 0. The monoisotopic (exact) mass is 250 g/mol. The molecule has 18 heavy (non-hydrogen) atoms. The lowest BCUT2D eigenvalue weighted by Gasteiger charge is -2.32. The van der Waals surface area contributed by atoms with Gasteiger partial charge in [0.1, 0.15) is 5.82 Å². The Hall–Kier alpha value is -1.09. The van der Waals surface area contributed by atoms with Crippen LogP contribution in [0.5, 0.6) is 0 Å². The van der Waals surface area contributed by atoms with Crippen LogP contribution >= 0.6 is 0 Å². The topological polar surface area (TPSA) is 29.3 Å². The van der Waals surface area contributed by atoms with Crippen LogP contribution in [0, 0.1) is 5.82 Å². The van der Waals surface area contributed by atoms with E-state index in [0.717, 1.165) is 37.2 Å². The van der Waals surface area contributed by atoms with E-state index in [0.29, 0.717) is 0 Å². The van der Waals surface area contributed by atoms with E-state index in [1.165, 1.54) is 0 Å². The average Bonchev–Trinajstić information content (AvgIpc) is 2.29. The smallest absolute Gasteiger partial charge is 0.146 e. The molecule has 2 rings (SSSR count). The standard InChI is InChI=1S/C15H23FN2/c1-15(2,3)11-4-5-14(13(16)10-11)18-8-6-12(17)7-9-18/h4-5,10,12H,6-9,17H2,1-3H3. The lowest BCUT2D eigenvalue weighted by atomic mass is 9.87. The molecule has 1 aromatic rings. The molecule has 0 aliphatic carbocycles. The van der Waals surface area contributed by atoms with Crippen molar-refractivity contribution in [3.05, 3.63) is 29.6 Å². The van der Waals surface area contributed by atoms with E-state index in [9.17, 15) is 4.39 Å². The summed E-state index contributed by atoms with van der Waals surface area (Å²) in [5.74, 6) is -0.113. The minimum Gasteiger partial charge on any atom is -0.369 e. The normalized spacial score (nSPS) is 18.2. The summed E-state index contributed by atoms with van der Waals surface area (Å²) in [5.41, 5.74) is 7.62. The first-order valence-electron chi connectivity index (χ1n) is 6.68. The maximum absolute atomic E-state index is 14.2. The van der Waals surface area contributed by atoms with Crippen LogP contribution in [0.1, 0.15) is 39.2 Å². The highest BCUT2D eigenvalue weighted by molar-refractivity contribution is 5.50. The molecular weight excluding hydrogens is 227 g/mol. The van der Waals surface area contributed by atoms with Gasteiger partial charge < -0.3 is 10.6 Å². The molecule has 1 aromatic carbocycles. The van der Waals surface area contributed by atoms with E-state index in [4.69, 9.17) is 5.73 Å². The Morgan fingerprint density at radius 2 is 1.83 bits per heavy atom. The first-order chi connectivity index (χ1) is 8.38. The fourth-order valence-corrected chi connectivity index (χ4v) is 2.37. The van der Waals surface area contributed by atoms with Gasteiger partial charge in [0.05, 0.1) is 5.69 Å². The molecule has 1 heterocycles. The van der Waals surface area contributed by atoms with Crippen LogP contribution < -0.4 is 10.6 Å². The number of nitrogens with zero attached hydrogens (tertiary/aromatic N) is 1. The molecule has 2 N–H and O–H groups in total. The largest absolute Gasteiger partial charge is 0.369 e. The van der Waals surface area contributed by atoms with Gasteiger partial charge in [-0.05, 0) is 36.0 Å². The fraction of sp³-hybridized carbons (Fsp3) is 0.600. The van der Waals surface area contributed by atoms with Crippen LogP contribution in [-0.2, 0) is 5.41 Å². The SMILES string of the molecule is CC(C)(C)c1ccc(N2CCC(N)CC2)c(F)c1. The van der Waals surface area contributed by atoms with E-state index in [1.807, 2.05) is 12.1 Å². The number of nitrogens with two attached hydrogens (primary N) is 1. The Kier molecular flexibility index (Phi) is 3.62. The van der Waals surface area contributed by atoms with Crippen molar-refractivity contribution in [2.75, 3.05) is 18.0 Å². The number of hydrogen-bond acceptors (Lipinski definition) is 2. The predicted octanol–water partition coefficient (Wildman–Crippen LogP) is 3.05. The van der Waals surface area contributed by atoms with Crippen molar-refractivity contribution in [1.29, 1.82) is 0 Å². The van der Waals surface area contributed by atoms with E-state index < -0.39 is 0 Å². The number of anilines is 1. The molecule has 1 aliphatic heterocycles. The molecule has 0 saturated carbocycles. The van der Waals surface area contributed by atoms with Gasteiger partial charge in [0.2, 0.25) is 0 Å². The number of rotatable bonds is 1. The molecule has 0 amide bonds. The van der Waals surface area contributed by atoms with Gasteiger partial charge in [-0.3, -0.25) is 0 Å². The third-order valence-corrected chi connectivity index (χ3v) is 3.69. The zero-order valence-electron chi connectivity index (χ0n) is 11.5. The average molecular weight is 250 g/mol. The second-order valence-electron chi connectivity index (χ2n) is 6.24. The van der Waals surface area contributed by atoms with Gasteiger partial charge in [-0.25, -0.2) is 4.39 Å². The molecule has 0 spiro atoms. The number of benzene rings is 1. The van der Waals surface area contributed by atoms with Gasteiger partial charge in [-0.2, -0.15) is 0 Å². The second kappa shape index (κ2) is 4.88. The molecule has 0 atom stereocenters. The van der Waals surface area contributed by atoms with Gasteiger partial charge in [0, 0.05) is 19.1 Å². The molecule has 100 valence electrons. The highest BCUT2D eigenvalue weighted by Gasteiger charge is 2.21. The number of hydrogen-bond donors (Lipinski definition) is 1. The molecule has 1 aliphatic rings. The van der Waals surface area contributed by atoms with Crippen molar-refractivity contribution >= 4 is 5.69 Å². The van der Waals surface area contributed by atoms with Crippen molar-refractivity contribution in [2.45, 2.75) is 45.1 Å². The number of halogens is 1. The summed E-state index contributed by atoms with van der Waals surface area (Å²) < 4.78 is 14.2. The van der Waals surface area contributed by atoms with Crippen LogP contribution in [0.15, 0.2) is 18.2 Å². The molecule has 1 fully saturated rings. The first-order valence-corrected chi connectivity index (χ1v) is 6.68. The summed E-state index contributed by atoms with van der Waals surface area (Å²) in [5, 5.41) is 0. The fourth-order valence-electron chi connectivity index (χ4n) is 2.37. The molecule has 2 nitrogen and oxygen atoms in total. The highest BCUT2D eigenvalue weighted by atomic mass is 19.1. The minimum atomic E-state index is -0.113. The van der Waals surface area contributed by atoms with Crippen molar-refractivity contribution in [3.8, 4) is 0 Å². The summed E-state index contributed by atoms with van der Waals surface area (Å²) in [6.45, 7) is 8.00. The molecule has 0 bridgehead atoms. The van der Waals surface area contributed by atoms with Crippen LogP contribution in [0.2, 0.25) is 0 Å². The van der Waals surface area contributed by atoms with Crippen LogP contribution in [-0.4, -0.2) is 19.1 Å². The quantitative estimate of drug-likeness (QED) is 0.830. The molecule has 0 radical (unpaired) electrons. The van der Waals surface area contributed by atoms with E-state index >= 15 is 0 Å². The minimum absolute atomic E-state index is 0.0103. The van der Waals surface area contributed by atoms with Gasteiger partial charge >= 0.3 is 0 Å². The summed E-state index contributed by atoms with van der Waals surface area (Å²) >= 11 is 0. The molecule has 3 heteroatoms. The maximum atomic E-state index is 14.2. The Bertz CT molecular complexity index is 415. The maximum Gasteiger partial charge on any atom is 0.146 e. The van der Waals surface area contributed by atoms with Crippen molar-refractivity contribution in [3.63, 3.8) is 0 Å². The van der Waals surface area contributed by atoms with Crippen LogP contribution in [0.4, 0.5) is 10.1 Å². The van der Waals surface area contributed by atoms with E-state index in [1.54, 1.807) is 6.07 Å². The van der Waals surface area contributed by atoms with Gasteiger partial charge in [0.15, 0.2) is 0 Å². The molecule has 0 aromatic heterocycles. The summed E-state index contributed by atoms with van der Waals surface area (Å²) in [4.78, 5) is 2.10. The Morgan fingerprint density at radius 3 is 2.33 bits per heavy atom. The van der Waals surface area contributed by atoms with Crippen LogP contribution in [0.3, 0.4) is 0 Å². The third kappa shape index (κ3) is 2.83. The van der Waals surface area contributed by atoms with Gasteiger partial charge in [-0.15, -0.1) is 0 Å². The Labute approximate surface area is 109 Å². The number of piperidine rings is 1. The van der Waals surface area contributed by atoms with E-state index in [2.05, 4.69) is 25.7 Å². The second-order valence-corrected chi connectivity index (χ2v) is 6.24. The predicted molar refractivity (Wildman–Crippen MR) is 74.5 cm³/mol. The molecular formula is C15H23FN2. The van der Waals surface area contributed by atoms with E-state index in [-0.39, 0.29) is 17.3 Å². The van der Waals surface area contributed by atoms with Gasteiger partial charge in [-0.1, -0.05) is 26.8 Å². The zero-order chi connectivity index (χ0) is 13.3. The lowest BCUT2D eigenvalue weighted by molar-refractivity contribution is 0.492. The lowest BCUT2D eigenvalue weighted by Crippen LogP contribution is -2.40. The van der Waals surface area contributed by atoms with Crippen molar-refractivity contribution < 1.29 is 4.39 Å². The summed E-state index contributed by atoms with van der Waals surface area (Å²) in [6, 6.07) is 5.89. The van der Waals surface area contributed by atoms with Crippen LogP contribution in [0.25, 0.3) is 0 Å². The highest BCUT2D eigenvalue weighted by Crippen LogP contribution is 2.29.